The van der Waals surface area contributed by atoms with Crippen LogP contribution in [0.4, 0.5) is 17.6 Å². The van der Waals surface area contributed by atoms with Crippen molar-refractivity contribution < 1.29 is 22.3 Å². The Hall–Kier alpha value is -1.34. The van der Waals surface area contributed by atoms with E-state index in [1.165, 1.54) is 12.1 Å². The maximum atomic E-state index is 13.2. The van der Waals surface area contributed by atoms with Crippen LogP contribution in [0.2, 0.25) is 0 Å². The molecule has 2 rings (SSSR count). The lowest BCUT2D eigenvalue weighted by Crippen LogP contribution is -2.46. The van der Waals surface area contributed by atoms with Crippen LogP contribution in [0, 0.1) is 5.92 Å². The fourth-order valence-corrected chi connectivity index (χ4v) is 3.44. The highest BCUT2D eigenvalue weighted by atomic mass is 19.3. The van der Waals surface area contributed by atoms with E-state index >= 15 is 0 Å². The normalized spacial score (nSPS) is 19.0. The molecular formula is C18H26F4N2O. The molecule has 142 valence electrons. The van der Waals surface area contributed by atoms with Crippen LogP contribution >= 0.6 is 0 Å². The largest absolute Gasteiger partial charge is 0.461 e. The summed E-state index contributed by atoms with van der Waals surface area (Å²) in [4.78, 5) is 2.32. The third-order valence-electron chi connectivity index (χ3n) is 4.54. The number of halogens is 4. The second-order valence-corrected chi connectivity index (χ2v) is 6.53. The van der Waals surface area contributed by atoms with Crippen molar-refractivity contribution in [2.45, 2.75) is 45.3 Å². The number of nitrogens with one attached hydrogen (secondary N) is 1. The summed E-state index contributed by atoms with van der Waals surface area (Å²) in [6.07, 6.45) is -6.34. The Kier molecular flexibility index (Phi) is 7.07. The van der Waals surface area contributed by atoms with Gasteiger partial charge in [0.1, 0.15) is 5.75 Å². The molecule has 1 aliphatic rings. The molecule has 0 spiro atoms. The summed E-state index contributed by atoms with van der Waals surface area (Å²) in [6, 6.07) is 6.24. The summed E-state index contributed by atoms with van der Waals surface area (Å²) in [7, 11) is 0. The average Bonchev–Trinajstić information content (AvgIpc) is 2.56. The minimum absolute atomic E-state index is 0.0470. The first-order valence-electron chi connectivity index (χ1n) is 8.75. The van der Waals surface area contributed by atoms with E-state index < -0.39 is 12.5 Å². The summed E-state index contributed by atoms with van der Waals surface area (Å²) in [5.74, 6) is 0.0839. The zero-order valence-corrected chi connectivity index (χ0v) is 14.7. The average molecular weight is 362 g/mol. The van der Waals surface area contributed by atoms with Crippen LogP contribution in [0.3, 0.4) is 0 Å². The fourth-order valence-electron chi connectivity index (χ4n) is 3.44. The summed E-state index contributed by atoms with van der Waals surface area (Å²) in [5.41, 5.74) is 0.824. The molecule has 1 heterocycles. The van der Waals surface area contributed by atoms with Crippen molar-refractivity contribution in [1.29, 1.82) is 0 Å². The summed E-state index contributed by atoms with van der Waals surface area (Å²) < 4.78 is 55.5. The van der Waals surface area contributed by atoms with E-state index in [1.54, 1.807) is 6.07 Å². The number of nitrogens with zero attached hydrogens (tertiary/aromatic N) is 1. The van der Waals surface area contributed by atoms with Crippen molar-refractivity contribution in [3.63, 3.8) is 0 Å². The lowest BCUT2D eigenvalue weighted by molar-refractivity contribution is -0.253. The lowest BCUT2D eigenvalue weighted by atomic mass is 9.89. The van der Waals surface area contributed by atoms with Gasteiger partial charge in [-0.15, -0.1) is 0 Å². The number of benzene rings is 1. The third kappa shape index (κ3) is 5.31. The van der Waals surface area contributed by atoms with Crippen LogP contribution in [0.5, 0.6) is 5.75 Å². The van der Waals surface area contributed by atoms with Gasteiger partial charge in [0.2, 0.25) is 0 Å². The number of piperazine rings is 1. The third-order valence-corrected chi connectivity index (χ3v) is 4.54. The fraction of sp³-hybridized carbons (Fsp3) is 0.667. The van der Waals surface area contributed by atoms with Crippen LogP contribution in [-0.4, -0.2) is 43.6 Å². The Balaban J connectivity index is 2.25. The Morgan fingerprint density at radius 3 is 2.52 bits per heavy atom. The summed E-state index contributed by atoms with van der Waals surface area (Å²) in [6.45, 7) is 7.70. The van der Waals surface area contributed by atoms with Crippen molar-refractivity contribution in [2.75, 3.05) is 26.2 Å². The molecule has 0 amide bonds. The highest BCUT2D eigenvalue weighted by Crippen LogP contribution is 2.35. The molecule has 3 nitrogen and oxygen atoms in total. The quantitative estimate of drug-likeness (QED) is 0.698. The molecule has 7 heteroatoms. The van der Waals surface area contributed by atoms with Crippen LogP contribution in [-0.2, 0) is 0 Å². The van der Waals surface area contributed by atoms with Gasteiger partial charge < -0.3 is 10.1 Å². The molecule has 1 saturated heterocycles. The van der Waals surface area contributed by atoms with Crippen LogP contribution in [0.15, 0.2) is 24.3 Å². The molecule has 1 aliphatic heterocycles. The topological polar surface area (TPSA) is 24.5 Å². The smallest absolute Gasteiger partial charge is 0.428 e. The molecule has 1 N–H and O–H groups in total. The van der Waals surface area contributed by atoms with E-state index in [1.807, 2.05) is 6.07 Å². The summed E-state index contributed by atoms with van der Waals surface area (Å²) >= 11 is 0. The van der Waals surface area contributed by atoms with E-state index in [-0.39, 0.29) is 11.8 Å². The van der Waals surface area contributed by atoms with Crippen molar-refractivity contribution in [1.82, 2.24) is 10.2 Å². The Morgan fingerprint density at radius 1 is 1.24 bits per heavy atom. The van der Waals surface area contributed by atoms with Crippen LogP contribution in [0.1, 0.15) is 38.3 Å². The van der Waals surface area contributed by atoms with E-state index in [0.717, 1.165) is 44.6 Å². The first kappa shape index (κ1) is 20.0. The first-order valence-corrected chi connectivity index (χ1v) is 8.75. The Morgan fingerprint density at radius 2 is 1.92 bits per heavy atom. The maximum Gasteiger partial charge on any atom is 0.461 e. The molecule has 0 radical (unpaired) electrons. The zero-order chi connectivity index (χ0) is 18.4. The van der Waals surface area contributed by atoms with Gasteiger partial charge in [-0.05, 0) is 30.0 Å². The van der Waals surface area contributed by atoms with Crippen molar-refractivity contribution in [3.05, 3.63) is 29.8 Å². The molecule has 1 fully saturated rings. The van der Waals surface area contributed by atoms with E-state index in [2.05, 4.69) is 28.8 Å². The number of rotatable bonds is 8. The standard InChI is InChI=1S/C18H26F4N2O/c1-3-5-13(2)16(24-10-8-23-9-11-24)14-6-4-7-15(12-14)25-18(21,22)17(19)20/h4,6-7,12-13,16-17,23H,3,5,8-11H2,1-2H3/t13?,16-/m0/s1. The number of hydrogen-bond donors (Lipinski definition) is 1. The van der Waals surface area contributed by atoms with E-state index in [9.17, 15) is 17.6 Å². The van der Waals surface area contributed by atoms with Crippen molar-refractivity contribution in [2.24, 2.45) is 5.92 Å². The second-order valence-electron chi connectivity index (χ2n) is 6.53. The van der Waals surface area contributed by atoms with Gasteiger partial charge in [-0.1, -0.05) is 32.4 Å². The first-order chi connectivity index (χ1) is 11.8. The predicted molar refractivity (Wildman–Crippen MR) is 89.3 cm³/mol. The predicted octanol–water partition coefficient (Wildman–Crippen LogP) is 4.31. The SMILES string of the molecule is CCCC(C)[C@@H](c1cccc(OC(F)(F)C(F)F)c1)N1CCNCC1. The Labute approximate surface area is 146 Å². The molecule has 25 heavy (non-hydrogen) atoms. The van der Waals surface area contributed by atoms with Gasteiger partial charge in [-0.2, -0.15) is 17.6 Å². The molecule has 1 aromatic carbocycles. The summed E-state index contributed by atoms with van der Waals surface area (Å²) in [5, 5.41) is 3.30. The number of hydrogen-bond acceptors (Lipinski definition) is 3. The van der Waals surface area contributed by atoms with Gasteiger partial charge in [0.05, 0.1) is 0 Å². The highest BCUT2D eigenvalue weighted by Gasteiger charge is 2.44. The molecule has 0 saturated carbocycles. The number of alkyl halides is 4. The zero-order valence-electron chi connectivity index (χ0n) is 14.7. The van der Waals surface area contributed by atoms with Crippen molar-refractivity contribution in [3.8, 4) is 5.75 Å². The molecule has 0 bridgehead atoms. The monoisotopic (exact) mass is 362 g/mol. The molecule has 0 aromatic heterocycles. The van der Waals surface area contributed by atoms with Gasteiger partial charge in [0, 0.05) is 32.2 Å². The highest BCUT2D eigenvalue weighted by molar-refractivity contribution is 5.31. The molecule has 2 atom stereocenters. The van der Waals surface area contributed by atoms with Crippen LogP contribution in [0.25, 0.3) is 0 Å². The minimum Gasteiger partial charge on any atom is -0.428 e. The molecule has 1 aromatic rings. The Bertz CT molecular complexity index is 536. The van der Waals surface area contributed by atoms with Crippen molar-refractivity contribution >= 4 is 0 Å². The lowest BCUT2D eigenvalue weighted by Gasteiger charge is -2.39. The van der Waals surface area contributed by atoms with E-state index in [0.29, 0.717) is 5.92 Å². The minimum atomic E-state index is -4.49. The van der Waals surface area contributed by atoms with Gasteiger partial charge in [0.25, 0.3) is 0 Å². The van der Waals surface area contributed by atoms with Gasteiger partial charge in [-0.3, -0.25) is 4.90 Å². The molecule has 1 unspecified atom stereocenters. The number of ether oxygens (including phenoxy) is 1. The molecular weight excluding hydrogens is 336 g/mol. The van der Waals surface area contributed by atoms with E-state index in [4.69, 9.17) is 0 Å². The second kappa shape index (κ2) is 8.85. The van der Waals surface area contributed by atoms with Gasteiger partial charge in [-0.25, -0.2) is 0 Å². The van der Waals surface area contributed by atoms with Crippen LogP contribution < -0.4 is 10.1 Å². The van der Waals surface area contributed by atoms with Gasteiger partial charge >= 0.3 is 12.5 Å². The van der Waals surface area contributed by atoms with Gasteiger partial charge in [0.15, 0.2) is 0 Å². The maximum absolute atomic E-state index is 13.2. The molecule has 0 aliphatic carbocycles.